The summed E-state index contributed by atoms with van der Waals surface area (Å²) < 4.78 is 33.5. The average molecular weight is 542 g/mol. The molecule has 0 saturated carbocycles. The third kappa shape index (κ3) is 5.96. The molecule has 1 aromatic rings. The summed E-state index contributed by atoms with van der Waals surface area (Å²) in [7, 11) is 0. The highest BCUT2D eigenvalue weighted by Crippen LogP contribution is 2.41. The molecule has 5 rings (SSSR count). The SMILES string of the molecule is C=C1NC2=C(C=C1Cc1ccc(F)cc1F)N(C(=O)CN1C[C@@H](C)NC[C@@H]1CN1CCOC[C@H]1C)CC2(C)C. The van der Waals surface area contributed by atoms with Crippen LogP contribution in [0.3, 0.4) is 0 Å². The van der Waals surface area contributed by atoms with Gasteiger partial charge in [0, 0.05) is 80.1 Å². The molecule has 0 spiro atoms. The van der Waals surface area contributed by atoms with Crippen molar-refractivity contribution in [2.45, 2.75) is 52.2 Å². The van der Waals surface area contributed by atoms with Gasteiger partial charge in [0.25, 0.3) is 0 Å². The van der Waals surface area contributed by atoms with Crippen LogP contribution in [0.2, 0.25) is 0 Å². The van der Waals surface area contributed by atoms with Crippen LogP contribution < -0.4 is 10.6 Å². The number of halogens is 2. The van der Waals surface area contributed by atoms with Gasteiger partial charge in [-0.15, -0.1) is 0 Å². The second-order valence-corrected chi connectivity index (χ2v) is 12.1. The Labute approximate surface area is 230 Å². The van der Waals surface area contributed by atoms with Crippen LogP contribution in [0.1, 0.15) is 33.3 Å². The molecule has 7 nitrogen and oxygen atoms in total. The Balaban J connectivity index is 1.35. The fraction of sp³-hybridized carbons (Fsp3) is 0.567. The highest BCUT2D eigenvalue weighted by atomic mass is 19.1. The van der Waals surface area contributed by atoms with Gasteiger partial charge in [-0.1, -0.05) is 26.5 Å². The van der Waals surface area contributed by atoms with Crippen molar-refractivity contribution in [1.29, 1.82) is 0 Å². The number of rotatable bonds is 6. The molecule has 9 heteroatoms. The predicted octanol–water partition coefficient (Wildman–Crippen LogP) is 3.01. The Morgan fingerprint density at radius 2 is 2.03 bits per heavy atom. The van der Waals surface area contributed by atoms with E-state index in [1.165, 1.54) is 12.1 Å². The fourth-order valence-corrected chi connectivity index (χ4v) is 6.13. The normalized spacial score (nSPS) is 27.8. The van der Waals surface area contributed by atoms with Gasteiger partial charge in [-0.05, 0) is 37.1 Å². The number of allylic oxidation sites excluding steroid dienone is 2. The van der Waals surface area contributed by atoms with Gasteiger partial charge in [-0.25, -0.2) is 8.78 Å². The van der Waals surface area contributed by atoms with Crippen molar-refractivity contribution in [2.24, 2.45) is 5.41 Å². The van der Waals surface area contributed by atoms with Gasteiger partial charge >= 0.3 is 0 Å². The van der Waals surface area contributed by atoms with Crippen molar-refractivity contribution in [3.05, 3.63) is 70.7 Å². The summed E-state index contributed by atoms with van der Waals surface area (Å²) in [5, 5.41) is 7.01. The summed E-state index contributed by atoms with van der Waals surface area (Å²) in [5.41, 5.74) is 3.34. The van der Waals surface area contributed by atoms with E-state index in [0.717, 1.165) is 62.4 Å². The summed E-state index contributed by atoms with van der Waals surface area (Å²) in [4.78, 5) is 20.6. The zero-order valence-corrected chi connectivity index (χ0v) is 23.5. The van der Waals surface area contributed by atoms with E-state index in [-0.39, 0.29) is 23.8 Å². The smallest absolute Gasteiger partial charge is 0.241 e. The molecule has 1 aromatic carbocycles. The maximum atomic E-state index is 14.4. The Bertz CT molecular complexity index is 1200. The van der Waals surface area contributed by atoms with Crippen LogP contribution >= 0.6 is 0 Å². The predicted molar refractivity (Wildman–Crippen MR) is 148 cm³/mol. The molecule has 4 heterocycles. The van der Waals surface area contributed by atoms with E-state index in [2.05, 4.69) is 54.7 Å². The van der Waals surface area contributed by atoms with Crippen molar-refractivity contribution >= 4 is 5.91 Å². The van der Waals surface area contributed by atoms with E-state index in [1.807, 2.05) is 11.0 Å². The Morgan fingerprint density at radius 1 is 1.23 bits per heavy atom. The summed E-state index contributed by atoms with van der Waals surface area (Å²) in [6.07, 6.45) is 2.21. The first-order valence-electron chi connectivity index (χ1n) is 14.0. The van der Waals surface area contributed by atoms with E-state index >= 15 is 0 Å². The molecule has 0 aliphatic carbocycles. The van der Waals surface area contributed by atoms with E-state index < -0.39 is 11.6 Å². The Hall–Kier alpha value is -2.59. The largest absolute Gasteiger partial charge is 0.379 e. The first kappa shape index (κ1) is 28.0. The van der Waals surface area contributed by atoms with Crippen LogP contribution in [-0.2, 0) is 16.0 Å². The molecule has 2 N–H and O–H groups in total. The van der Waals surface area contributed by atoms with Gasteiger partial charge in [0.05, 0.1) is 25.5 Å². The first-order valence-corrected chi connectivity index (χ1v) is 14.0. The molecular formula is C30H41F2N5O2. The number of ether oxygens (including phenoxy) is 1. The van der Waals surface area contributed by atoms with Crippen molar-refractivity contribution in [1.82, 2.24) is 25.3 Å². The lowest BCUT2D eigenvalue weighted by Gasteiger charge is -2.43. The lowest BCUT2D eigenvalue weighted by atomic mass is 9.88. The monoisotopic (exact) mass is 541 g/mol. The average Bonchev–Trinajstić information content (AvgIpc) is 3.13. The lowest BCUT2D eigenvalue weighted by Crippen LogP contribution is -2.62. The second-order valence-electron chi connectivity index (χ2n) is 12.1. The standard InChI is InChI=1S/C30H41F2N5O2/c1-19-14-36(25(13-33-19)15-35-8-9-39-17-20(35)2)16-28(38)37-18-30(4,5)29-27(37)11-23(21(3)34-29)10-22-6-7-24(31)12-26(22)32/h6-7,11-12,19-20,25,33-34H,3,8-10,13-18H2,1-2,4-5H3/t19-,20-,25-/m1/s1. The molecule has 1 amide bonds. The van der Waals surface area contributed by atoms with Gasteiger partial charge < -0.3 is 20.3 Å². The maximum Gasteiger partial charge on any atom is 0.241 e. The van der Waals surface area contributed by atoms with Crippen molar-refractivity contribution < 1.29 is 18.3 Å². The van der Waals surface area contributed by atoms with Crippen LogP contribution in [-0.4, -0.2) is 91.2 Å². The molecule has 0 aromatic heterocycles. The van der Waals surface area contributed by atoms with Gasteiger partial charge in [0.15, 0.2) is 0 Å². The molecule has 0 unspecified atom stereocenters. The number of amides is 1. The van der Waals surface area contributed by atoms with Crippen molar-refractivity contribution in [3.8, 4) is 0 Å². The van der Waals surface area contributed by atoms with Crippen LogP contribution in [0.5, 0.6) is 0 Å². The summed E-state index contributed by atoms with van der Waals surface area (Å²) in [6.45, 7) is 18.6. The lowest BCUT2D eigenvalue weighted by molar-refractivity contribution is -0.131. The number of carbonyl (C=O) groups is 1. The highest BCUT2D eigenvalue weighted by molar-refractivity contribution is 5.82. The number of benzene rings is 1. The highest BCUT2D eigenvalue weighted by Gasteiger charge is 2.43. The fourth-order valence-electron chi connectivity index (χ4n) is 6.13. The van der Waals surface area contributed by atoms with Gasteiger partial charge in [0.1, 0.15) is 11.6 Å². The third-order valence-corrected chi connectivity index (χ3v) is 8.46. The molecule has 4 aliphatic heterocycles. The number of nitrogens with zero attached hydrogens (tertiary/aromatic N) is 3. The Kier molecular flexibility index (Phi) is 7.97. The molecule has 2 fully saturated rings. The minimum absolute atomic E-state index is 0.0556. The second kappa shape index (κ2) is 11.1. The zero-order chi connectivity index (χ0) is 27.9. The van der Waals surface area contributed by atoms with Crippen molar-refractivity contribution in [3.63, 3.8) is 0 Å². The van der Waals surface area contributed by atoms with E-state index in [0.29, 0.717) is 36.4 Å². The van der Waals surface area contributed by atoms with E-state index in [4.69, 9.17) is 4.74 Å². The first-order chi connectivity index (χ1) is 18.5. The molecule has 39 heavy (non-hydrogen) atoms. The molecule has 4 aliphatic rings. The molecule has 3 atom stereocenters. The van der Waals surface area contributed by atoms with Crippen LogP contribution in [0.15, 0.2) is 53.5 Å². The third-order valence-electron chi connectivity index (χ3n) is 8.46. The molecular weight excluding hydrogens is 500 g/mol. The molecule has 0 bridgehead atoms. The number of nitrogens with one attached hydrogen (secondary N) is 2. The van der Waals surface area contributed by atoms with E-state index in [1.54, 1.807) is 0 Å². The number of piperazine rings is 1. The minimum Gasteiger partial charge on any atom is -0.379 e. The molecule has 2 saturated heterocycles. The molecule has 0 radical (unpaired) electrons. The zero-order valence-electron chi connectivity index (χ0n) is 23.5. The number of hydrogen-bond acceptors (Lipinski definition) is 6. The van der Waals surface area contributed by atoms with Crippen LogP contribution in [0.4, 0.5) is 8.78 Å². The van der Waals surface area contributed by atoms with Gasteiger partial charge in [-0.2, -0.15) is 0 Å². The number of dihydropyridines is 1. The summed E-state index contributed by atoms with van der Waals surface area (Å²) >= 11 is 0. The number of carbonyl (C=O) groups excluding carboxylic acids is 1. The van der Waals surface area contributed by atoms with Crippen LogP contribution in [0, 0.1) is 17.0 Å². The summed E-state index contributed by atoms with van der Waals surface area (Å²) in [6, 6.07) is 4.52. The quantitative estimate of drug-likeness (QED) is 0.578. The Morgan fingerprint density at radius 3 is 2.77 bits per heavy atom. The van der Waals surface area contributed by atoms with Crippen molar-refractivity contribution in [2.75, 3.05) is 52.5 Å². The van der Waals surface area contributed by atoms with Gasteiger partial charge in [0.2, 0.25) is 5.91 Å². The van der Waals surface area contributed by atoms with Gasteiger partial charge in [-0.3, -0.25) is 14.6 Å². The number of hydrogen-bond donors (Lipinski definition) is 2. The molecule has 212 valence electrons. The minimum atomic E-state index is -0.603. The number of morpholine rings is 1. The van der Waals surface area contributed by atoms with Crippen LogP contribution in [0.25, 0.3) is 0 Å². The van der Waals surface area contributed by atoms with E-state index in [9.17, 15) is 13.6 Å². The summed E-state index contributed by atoms with van der Waals surface area (Å²) in [5.74, 6) is -1.13. The maximum absolute atomic E-state index is 14.4. The topological polar surface area (TPSA) is 60.1 Å².